The Balaban J connectivity index is 2.01. The van der Waals surface area contributed by atoms with Gasteiger partial charge in [0.15, 0.2) is 0 Å². The Morgan fingerprint density at radius 1 is 1.40 bits per heavy atom. The second-order valence-electron chi connectivity index (χ2n) is 7.21. The van der Waals surface area contributed by atoms with Crippen molar-refractivity contribution in [2.45, 2.75) is 77.0 Å². The summed E-state index contributed by atoms with van der Waals surface area (Å²) in [5.74, 6) is 0.743. The van der Waals surface area contributed by atoms with Crippen LogP contribution in [0.4, 0.5) is 0 Å². The first-order valence-corrected chi connectivity index (χ1v) is 7.97. The van der Waals surface area contributed by atoms with Crippen molar-refractivity contribution < 1.29 is 9.53 Å². The number of nitrogens with one attached hydrogen (secondary N) is 1. The van der Waals surface area contributed by atoms with Crippen LogP contribution >= 0.6 is 0 Å². The molecule has 2 bridgehead atoms. The lowest BCUT2D eigenvalue weighted by Gasteiger charge is -2.38. The van der Waals surface area contributed by atoms with E-state index in [0.717, 1.165) is 18.4 Å². The van der Waals surface area contributed by atoms with E-state index >= 15 is 0 Å². The van der Waals surface area contributed by atoms with Gasteiger partial charge >= 0.3 is 5.97 Å². The van der Waals surface area contributed by atoms with E-state index in [1.54, 1.807) is 0 Å². The fourth-order valence-corrected chi connectivity index (χ4v) is 4.27. The van der Waals surface area contributed by atoms with E-state index in [1.165, 1.54) is 32.9 Å². The lowest BCUT2D eigenvalue weighted by atomic mass is 9.91. The summed E-state index contributed by atoms with van der Waals surface area (Å²) in [5.41, 5.74) is -0.593. The van der Waals surface area contributed by atoms with Crippen LogP contribution in [0.2, 0.25) is 0 Å². The topological polar surface area (TPSA) is 41.6 Å². The van der Waals surface area contributed by atoms with Crippen LogP contribution in [0.25, 0.3) is 0 Å². The van der Waals surface area contributed by atoms with Crippen molar-refractivity contribution in [2.75, 3.05) is 13.7 Å². The molecule has 116 valence electrons. The molecule has 0 amide bonds. The largest absolute Gasteiger partial charge is 0.468 e. The summed E-state index contributed by atoms with van der Waals surface area (Å²) in [5, 5.41) is 3.40. The van der Waals surface area contributed by atoms with Gasteiger partial charge in [-0.2, -0.15) is 0 Å². The zero-order chi connectivity index (χ0) is 14.9. The summed E-state index contributed by atoms with van der Waals surface area (Å²) < 4.78 is 5.02. The number of rotatable bonds is 6. The van der Waals surface area contributed by atoms with E-state index in [0.29, 0.717) is 6.04 Å². The average molecular weight is 282 g/mol. The van der Waals surface area contributed by atoms with Gasteiger partial charge in [0.1, 0.15) is 5.54 Å². The van der Waals surface area contributed by atoms with E-state index in [4.69, 9.17) is 4.74 Å². The summed E-state index contributed by atoms with van der Waals surface area (Å²) in [4.78, 5) is 14.8. The number of likely N-dealkylation sites (tertiary alicyclic amines) is 1. The van der Waals surface area contributed by atoms with E-state index in [9.17, 15) is 4.79 Å². The summed E-state index contributed by atoms with van der Waals surface area (Å²) in [6, 6.07) is 1.43. The highest BCUT2D eigenvalue weighted by atomic mass is 16.5. The summed E-state index contributed by atoms with van der Waals surface area (Å²) >= 11 is 0. The maximum absolute atomic E-state index is 12.2. The lowest BCUT2D eigenvalue weighted by molar-refractivity contribution is -0.149. The van der Waals surface area contributed by atoms with Crippen LogP contribution in [0, 0.1) is 5.92 Å². The van der Waals surface area contributed by atoms with Crippen molar-refractivity contribution in [1.82, 2.24) is 10.2 Å². The van der Waals surface area contributed by atoms with Gasteiger partial charge < -0.3 is 4.74 Å². The molecule has 1 aliphatic heterocycles. The molecule has 0 radical (unpaired) electrons. The quantitative estimate of drug-likeness (QED) is 0.758. The second-order valence-corrected chi connectivity index (χ2v) is 7.21. The predicted molar refractivity (Wildman–Crippen MR) is 80.6 cm³/mol. The van der Waals surface area contributed by atoms with Crippen molar-refractivity contribution in [3.8, 4) is 0 Å². The summed E-state index contributed by atoms with van der Waals surface area (Å²) in [6.45, 7) is 9.59. The maximum Gasteiger partial charge on any atom is 0.325 e. The van der Waals surface area contributed by atoms with Gasteiger partial charge in [-0.25, -0.2) is 0 Å². The van der Waals surface area contributed by atoms with Gasteiger partial charge in [0, 0.05) is 24.7 Å². The van der Waals surface area contributed by atoms with Gasteiger partial charge in [0.25, 0.3) is 0 Å². The van der Waals surface area contributed by atoms with E-state index < -0.39 is 5.54 Å². The number of carbonyl (C=O) groups is 1. The zero-order valence-electron chi connectivity index (χ0n) is 13.6. The third kappa shape index (κ3) is 3.17. The number of ether oxygens (including phenoxy) is 1. The molecule has 4 unspecified atom stereocenters. The molecule has 0 aromatic carbocycles. The van der Waals surface area contributed by atoms with Crippen LogP contribution < -0.4 is 5.32 Å². The van der Waals surface area contributed by atoms with Crippen molar-refractivity contribution in [3.05, 3.63) is 0 Å². The van der Waals surface area contributed by atoms with Crippen LogP contribution in [-0.4, -0.2) is 48.2 Å². The van der Waals surface area contributed by atoms with Gasteiger partial charge in [-0.15, -0.1) is 0 Å². The monoisotopic (exact) mass is 282 g/mol. The van der Waals surface area contributed by atoms with E-state index in [-0.39, 0.29) is 12.0 Å². The number of fused-ring (bicyclic) bond motifs is 2. The smallest absolute Gasteiger partial charge is 0.325 e. The molecule has 4 heteroatoms. The summed E-state index contributed by atoms with van der Waals surface area (Å²) in [7, 11) is 1.48. The molecule has 20 heavy (non-hydrogen) atoms. The fraction of sp³-hybridized carbons (Fsp3) is 0.938. The highest BCUT2D eigenvalue weighted by Crippen LogP contribution is 2.39. The van der Waals surface area contributed by atoms with E-state index in [2.05, 4.69) is 31.0 Å². The highest BCUT2D eigenvalue weighted by Gasteiger charge is 2.43. The molecule has 1 N–H and O–H groups in total. The third-order valence-corrected chi connectivity index (χ3v) is 4.96. The van der Waals surface area contributed by atoms with Gasteiger partial charge in [0.05, 0.1) is 7.11 Å². The van der Waals surface area contributed by atoms with Crippen LogP contribution in [0.3, 0.4) is 0 Å². The minimum atomic E-state index is -0.593. The van der Waals surface area contributed by atoms with Gasteiger partial charge in [-0.3, -0.25) is 15.0 Å². The third-order valence-electron chi connectivity index (χ3n) is 4.96. The second kappa shape index (κ2) is 6.02. The van der Waals surface area contributed by atoms with Crippen molar-refractivity contribution in [1.29, 1.82) is 0 Å². The molecule has 2 aliphatic rings. The molecule has 0 aromatic rings. The Morgan fingerprint density at radius 2 is 2.10 bits per heavy atom. The molecule has 0 aromatic heterocycles. The zero-order valence-corrected chi connectivity index (χ0v) is 13.6. The molecular weight excluding hydrogens is 252 g/mol. The Bertz CT molecular complexity index is 358. The number of esters is 1. The standard InChI is InChI=1S/C16H30N2O2/c1-11(2)17-16(4,15(19)20-5)9-12(3)18-10-13-6-7-14(18)8-13/h11-14,17H,6-10H2,1-5H3. The van der Waals surface area contributed by atoms with Crippen molar-refractivity contribution in [3.63, 3.8) is 0 Å². The Hall–Kier alpha value is -0.610. The van der Waals surface area contributed by atoms with Crippen molar-refractivity contribution >= 4 is 5.97 Å². The molecule has 2 fully saturated rings. The Morgan fingerprint density at radius 3 is 2.55 bits per heavy atom. The fourth-order valence-electron chi connectivity index (χ4n) is 4.27. The Kier molecular flexibility index (Phi) is 4.75. The maximum atomic E-state index is 12.2. The number of hydrogen-bond acceptors (Lipinski definition) is 4. The first-order chi connectivity index (χ1) is 9.35. The van der Waals surface area contributed by atoms with Crippen LogP contribution in [0.1, 0.15) is 53.4 Å². The molecule has 1 saturated heterocycles. The molecule has 4 atom stereocenters. The van der Waals surface area contributed by atoms with Crippen molar-refractivity contribution in [2.24, 2.45) is 5.92 Å². The minimum absolute atomic E-state index is 0.151. The SMILES string of the molecule is COC(=O)C(C)(CC(C)N1CC2CCC1C2)NC(C)C. The Labute approximate surface area is 123 Å². The number of piperidine rings is 1. The highest BCUT2D eigenvalue weighted by molar-refractivity contribution is 5.80. The van der Waals surface area contributed by atoms with E-state index in [1.807, 2.05) is 6.92 Å². The number of nitrogens with zero attached hydrogens (tertiary/aromatic N) is 1. The first-order valence-electron chi connectivity index (χ1n) is 7.97. The predicted octanol–water partition coefficient (Wildman–Crippen LogP) is 2.18. The van der Waals surface area contributed by atoms with Crippen LogP contribution in [-0.2, 0) is 9.53 Å². The van der Waals surface area contributed by atoms with Crippen LogP contribution in [0.15, 0.2) is 0 Å². The van der Waals surface area contributed by atoms with Gasteiger partial charge in [-0.1, -0.05) is 0 Å². The molecule has 0 spiro atoms. The lowest BCUT2D eigenvalue weighted by Crippen LogP contribution is -2.56. The number of methoxy groups -OCH3 is 1. The molecular formula is C16H30N2O2. The molecule has 1 saturated carbocycles. The summed E-state index contributed by atoms with van der Waals surface area (Å²) in [6.07, 6.45) is 4.89. The number of hydrogen-bond donors (Lipinski definition) is 1. The number of carbonyl (C=O) groups excluding carboxylic acids is 1. The first kappa shape index (κ1) is 15.8. The molecule has 2 rings (SSSR count). The molecule has 1 heterocycles. The van der Waals surface area contributed by atoms with Gasteiger partial charge in [-0.05, 0) is 59.3 Å². The van der Waals surface area contributed by atoms with Gasteiger partial charge in [0.2, 0.25) is 0 Å². The molecule has 1 aliphatic carbocycles. The van der Waals surface area contributed by atoms with Crippen LogP contribution in [0.5, 0.6) is 0 Å². The normalized spacial score (nSPS) is 30.5. The molecule has 4 nitrogen and oxygen atoms in total. The minimum Gasteiger partial charge on any atom is -0.468 e. The average Bonchev–Trinajstić information content (AvgIpc) is 2.98.